The Morgan fingerprint density at radius 3 is 2.50 bits per heavy atom. The maximum Gasteiger partial charge on any atom is 0.265 e. The molecular weight excluding hydrogens is 209 g/mol. The van der Waals surface area contributed by atoms with Crippen LogP contribution in [0.25, 0.3) is 0 Å². The van der Waals surface area contributed by atoms with Gasteiger partial charge in [-0.1, -0.05) is 0 Å². The summed E-state index contributed by atoms with van der Waals surface area (Å²) in [6.07, 6.45) is 0.708. The fraction of sp³-hybridized carbons (Fsp3) is 0. The third kappa shape index (κ3) is 1.83. The lowest BCUT2D eigenvalue weighted by Gasteiger charge is -1.95. The fourth-order valence-electron chi connectivity index (χ4n) is 0.620. The van der Waals surface area contributed by atoms with E-state index in [2.05, 4.69) is 0 Å². The zero-order valence-electron chi connectivity index (χ0n) is 5.54. The minimum absolute atomic E-state index is 0.509. The molecule has 0 radical (unpaired) electrons. The number of pyridine rings is 1. The SMILES string of the molecule is O=c1cc(F)c(S(=O)(=O)Cl)c[nH]1. The van der Waals surface area contributed by atoms with Crippen LogP contribution in [0.2, 0.25) is 0 Å². The van der Waals surface area contributed by atoms with E-state index in [1.54, 1.807) is 0 Å². The van der Waals surface area contributed by atoms with Gasteiger partial charge in [-0.05, 0) is 0 Å². The normalized spacial score (nSPS) is 11.5. The van der Waals surface area contributed by atoms with Crippen molar-refractivity contribution in [1.82, 2.24) is 4.98 Å². The molecule has 0 unspecified atom stereocenters. The molecule has 4 nitrogen and oxygen atoms in total. The molecule has 0 aliphatic rings. The minimum atomic E-state index is -4.12. The Balaban J connectivity index is 3.49. The van der Waals surface area contributed by atoms with Gasteiger partial charge in [0.2, 0.25) is 0 Å². The fourth-order valence-corrected chi connectivity index (χ4v) is 1.47. The van der Waals surface area contributed by atoms with E-state index in [9.17, 15) is 17.6 Å². The van der Waals surface area contributed by atoms with E-state index in [0.29, 0.717) is 12.3 Å². The van der Waals surface area contributed by atoms with E-state index in [1.165, 1.54) is 0 Å². The topological polar surface area (TPSA) is 67.0 Å². The van der Waals surface area contributed by atoms with Crippen LogP contribution in [0.1, 0.15) is 0 Å². The third-order valence-corrected chi connectivity index (χ3v) is 2.44. The Morgan fingerprint density at radius 1 is 1.50 bits per heavy atom. The molecule has 0 fully saturated rings. The summed E-state index contributed by atoms with van der Waals surface area (Å²) >= 11 is 0. The van der Waals surface area contributed by atoms with Crippen LogP contribution in [0.3, 0.4) is 0 Å². The zero-order valence-corrected chi connectivity index (χ0v) is 7.12. The van der Waals surface area contributed by atoms with Crippen LogP contribution in [0.4, 0.5) is 4.39 Å². The molecule has 1 heterocycles. The minimum Gasteiger partial charge on any atom is -0.328 e. The lowest BCUT2D eigenvalue weighted by atomic mass is 10.5. The van der Waals surface area contributed by atoms with Crippen LogP contribution in [-0.2, 0) is 9.05 Å². The molecule has 66 valence electrons. The van der Waals surface area contributed by atoms with Crippen molar-refractivity contribution in [2.24, 2.45) is 0 Å². The summed E-state index contributed by atoms with van der Waals surface area (Å²) in [7, 11) is 0.703. The zero-order chi connectivity index (χ0) is 9.35. The lowest BCUT2D eigenvalue weighted by Crippen LogP contribution is -2.08. The summed E-state index contributed by atoms with van der Waals surface area (Å²) in [5.74, 6) is -1.16. The summed E-state index contributed by atoms with van der Waals surface area (Å²) in [5, 5.41) is 0. The van der Waals surface area contributed by atoms with Gasteiger partial charge in [-0.25, -0.2) is 12.8 Å². The second-order valence-electron chi connectivity index (χ2n) is 1.95. The predicted octanol–water partition coefficient (Wildman–Crippen LogP) is 0.442. The molecule has 0 bridgehead atoms. The standard InChI is InChI=1S/C5H3ClFNO3S/c6-12(10,11)4-2-8-5(9)1-3(4)7/h1-2H,(H,8,9). The maximum atomic E-state index is 12.7. The summed E-state index contributed by atoms with van der Waals surface area (Å²) in [6, 6.07) is 0.509. The first-order valence-corrected chi connectivity index (χ1v) is 5.05. The second-order valence-corrected chi connectivity index (χ2v) is 4.48. The van der Waals surface area contributed by atoms with Crippen molar-refractivity contribution in [2.75, 3.05) is 0 Å². The van der Waals surface area contributed by atoms with Crippen LogP contribution in [0, 0.1) is 5.82 Å². The highest BCUT2D eigenvalue weighted by Crippen LogP contribution is 2.15. The highest BCUT2D eigenvalue weighted by Gasteiger charge is 2.15. The number of H-pyrrole nitrogens is 1. The van der Waals surface area contributed by atoms with Crippen LogP contribution in [-0.4, -0.2) is 13.4 Å². The monoisotopic (exact) mass is 211 g/mol. The average molecular weight is 212 g/mol. The van der Waals surface area contributed by atoms with Gasteiger partial charge in [-0.2, -0.15) is 0 Å². The van der Waals surface area contributed by atoms with E-state index in [0.717, 1.165) is 0 Å². The highest BCUT2D eigenvalue weighted by atomic mass is 35.7. The third-order valence-electron chi connectivity index (χ3n) is 1.10. The van der Waals surface area contributed by atoms with Gasteiger partial charge < -0.3 is 4.98 Å². The van der Waals surface area contributed by atoms with E-state index < -0.39 is 25.3 Å². The predicted molar refractivity (Wildman–Crippen MR) is 40.1 cm³/mol. The van der Waals surface area contributed by atoms with Crippen molar-refractivity contribution in [3.8, 4) is 0 Å². The van der Waals surface area contributed by atoms with Crippen molar-refractivity contribution in [3.63, 3.8) is 0 Å². The smallest absolute Gasteiger partial charge is 0.265 e. The van der Waals surface area contributed by atoms with Gasteiger partial charge in [0.15, 0.2) is 0 Å². The molecule has 0 saturated carbocycles. The number of nitrogens with one attached hydrogen (secondary N) is 1. The van der Waals surface area contributed by atoms with E-state index in [-0.39, 0.29) is 0 Å². The quantitative estimate of drug-likeness (QED) is 0.686. The van der Waals surface area contributed by atoms with Crippen molar-refractivity contribution >= 4 is 19.7 Å². The summed E-state index contributed by atoms with van der Waals surface area (Å²) < 4.78 is 33.8. The molecule has 0 aliphatic heterocycles. The van der Waals surface area contributed by atoms with Gasteiger partial charge in [-0.15, -0.1) is 0 Å². The second kappa shape index (κ2) is 2.87. The maximum absolute atomic E-state index is 12.7. The van der Waals surface area contributed by atoms with Crippen molar-refractivity contribution in [2.45, 2.75) is 4.90 Å². The lowest BCUT2D eigenvalue weighted by molar-refractivity contribution is 0.571. The molecular formula is C5H3ClFNO3S. The number of halogens is 2. The van der Waals surface area contributed by atoms with E-state index in [1.807, 2.05) is 4.98 Å². The van der Waals surface area contributed by atoms with Gasteiger partial charge in [0.1, 0.15) is 10.7 Å². The molecule has 0 atom stereocenters. The molecule has 0 aromatic carbocycles. The molecule has 0 saturated heterocycles. The van der Waals surface area contributed by atoms with Crippen LogP contribution >= 0.6 is 10.7 Å². The molecule has 7 heteroatoms. The van der Waals surface area contributed by atoms with E-state index in [4.69, 9.17) is 10.7 Å². The number of hydrogen-bond acceptors (Lipinski definition) is 3. The van der Waals surface area contributed by atoms with Crippen molar-refractivity contribution in [1.29, 1.82) is 0 Å². The average Bonchev–Trinajstić information content (AvgIpc) is 1.83. The van der Waals surface area contributed by atoms with E-state index >= 15 is 0 Å². The van der Waals surface area contributed by atoms with Gasteiger partial charge in [0.05, 0.1) is 0 Å². The van der Waals surface area contributed by atoms with Gasteiger partial charge in [0.25, 0.3) is 14.6 Å². The van der Waals surface area contributed by atoms with Gasteiger partial charge in [-0.3, -0.25) is 4.79 Å². The Labute approximate surface area is 71.4 Å². The summed E-state index contributed by atoms with van der Waals surface area (Å²) in [4.78, 5) is 11.7. The number of aromatic nitrogens is 1. The van der Waals surface area contributed by atoms with Crippen LogP contribution in [0.5, 0.6) is 0 Å². The molecule has 0 aliphatic carbocycles. The molecule has 1 aromatic rings. The van der Waals surface area contributed by atoms with Gasteiger partial charge in [0, 0.05) is 22.9 Å². The van der Waals surface area contributed by atoms with Crippen LogP contribution < -0.4 is 5.56 Å². The first kappa shape index (κ1) is 9.21. The summed E-state index contributed by atoms with van der Waals surface area (Å²) in [5.41, 5.74) is -0.725. The Kier molecular flexibility index (Phi) is 2.20. The number of hydrogen-bond donors (Lipinski definition) is 1. The molecule has 1 N–H and O–H groups in total. The Hall–Kier alpha value is -0.880. The van der Waals surface area contributed by atoms with Crippen LogP contribution in [0.15, 0.2) is 22.0 Å². The first-order chi connectivity index (χ1) is 5.41. The first-order valence-electron chi connectivity index (χ1n) is 2.74. The molecule has 1 aromatic heterocycles. The van der Waals surface area contributed by atoms with Gasteiger partial charge >= 0.3 is 0 Å². The molecule has 0 spiro atoms. The highest BCUT2D eigenvalue weighted by molar-refractivity contribution is 8.13. The number of rotatable bonds is 1. The van der Waals surface area contributed by atoms with Crippen molar-refractivity contribution in [3.05, 3.63) is 28.4 Å². The molecule has 1 rings (SSSR count). The Bertz CT molecular complexity index is 452. The molecule has 0 amide bonds. The molecule has 12 heavy (non-hydrogen) atoms. The van der Waals surface area contributed by atoms with Crippen molar-refractivity contribution < 1.29 is 12.8 Å². The number of aromatic amines is 1. The largest absolute Gasteiger partial charge is 0.328 e. The summed E-state index contributed by atoms with van der Waals surface area (Å²) in [6.45, 7) is 0. The Morgan fingerprint density at radius 2 is 2.08 bits per heavy atom.